The Hall–Kier alpha value is -4.21. The number of rotatable bonds is 14. The standard InChI is InChI=1S/C29H34N2O7/c1-5-31(38-27-9-7-6-8-26(27)35-3)18-22(32)19-37-23-13-10-20(11-14-23)25(29(30)33)16-21-12-15-24(34-2)17-28(21)36-4/h6-17,22,32H,5,18-19H2,1-4H3,(H2,30,33)/b25-16-. The van der Waals surface area contributed by atoms with E-state index in [4.69, 9.17) is 29.5 Å². The molecule has 3 rings (SSSR count). The van der Waals surface area contributed by atoms with E-state index in [1.807, 2.05) is 19.1 Å². The summed E-state index contributed by atoms with van der Waals surface area (Å²) in [6, 6.07) is 19.5. The van der Waals surface area contributed by atoms with E-state index in [2.05, 4.69) is 0 Å². The molecule has 3 N–H and O–H groups in total. The lowest BCUT2D eigenvalue weighted by molar-refractivity contribution is -0.112. The molecular weight excluding hydrogens is 488 g/mol. The maximum atomic E-state index is 12.2. The molecule has 0 heterocycles. The number of ether oxygens (including phenoxy) is 4. The number of amides is 1. The van der Waals surface area contributed by atoms with E-state index in [0.717, 1.165) is 0 Å². The molecule has 0 aliphatic carbocycles. The normalized spacial score (nSPS) is 12.1. The van der Waals surface area contributed by atoms with Crippen LogP contribution in [-0.4, -0.2) is 63.2 Å². The summed E-state index contributed by atoms with van der Waals surface area (Å²) in [5.41, 5.74) is 7.28. The molecule has 0 saturated heterocycles. The fourth-order valence-electron chi connectivity index (χ4n) is 3.67. The summed E-state index contributed by atoms with van der Waals surface area (Å²) < 4.78 is 21.7. The van der Waals surface area contributed by atoms with Gasteiger partial charge in [-0.25, -0.2) is 0 Å². The fraction of sp³-hybridized carbons (Fsp3) is 0.276. The first-order valence-corrected chi connectivity index (χ1v) is 12.1. The maximum absolute atomic E-state index is 12.2. The minimum atomic E-state index is -0.812. The van der Waals surface area contributed by atoms with Gasteiger partial charge >= 0.3 is 0 Å². The van der Waals surface area contributed by atoms with Gasteiger partial charge < -0.3 is 34.6 Å². The van der Waals surface area contributed by atoms with Crippen LogP contribution in [-0.2, 0) is 4.79 Å². The molecule has 0 saturated carbocycles. The molecule has 1 unspecified atom stereocenters. The van der Waals surface area contributed by atoms with Gasteiger partial charge in [0.2, 0.25) is 5.91 Å². The Kier molecular flexibility index (Phi) is 10.4. The van der Waals surface area contributed by atoms with Gasteiger partial charge in [-0.3, -0.25) is 4.79 Å². The number of hydroxylamine groups is 2. The van der Waals surface area contributed by atoms with Crippen LogP contribution in [0.25, 0.3) is 11.6 Å². The highest BCUT2D eigenvalue weighted by molar-refractivity contribution is 6.23. The molecule has 9 heteroatoms. The van der Waals surface area contributed by atoms with Crippen LogP contribution in [0, 0.1) is 0 Å². The fourth-order valence-corrected chi connectivity index (χ4v) is 3.67. The summed E-state index contributed by atoms with van der Waals surface area (Å²) in [5, 5.41) is 12.1. The van der Waals surface area contributed by atoms with Gasteiger partial charge in [0, 0.05) is 23.7 Å². The second-order valence-corrected chi connectivity index (χ2v) is 8.24. The third-order valence-electron chi connectivity index (χ3n) is 5.68. The van der Waals surface area contributed by atoms with E-state index in [-0.39, 0.29) is 13.2 Å². The summed E-state index contributed by atoms with van der Waals surface area (Å²) in [6.07, 6.45) is 0.856. The Morgan fingerprint density at radius 3 is 2.18 bits per heavy atom. The lowest BCUT2D eigenvalue weighted by atomic mass is 10.0. The summed E-state index contributed by atoms with van der Waals surface area (Å²) in [7, 11) is 4.68. The first kappa shape index (κ1) is 28.4. The first-order chi connectivity index (χ1) is 18.4. The molecule has 9 nitrogen and oxygen atoms in total. The topological polar surface area (TPSA) is 113 Å². The van der Waals surface area contributed by atoms with Crippen LogP contribution >= 0.6 is 0 Å². The molecule has 0 radical (unpaired) electrons. The number of nitrogens with two attached hydrogens (primary N) is 1. The molecular formula is C29H34N2O7. The highest BCUT2D eigenvalue weighted by Gasteiger charge is 2.16. The Labute approximate surface area is 222 Å². The van der Waals surface area contributed by atoms with Gasteiger partial charge in [-0.1, -0.05) is 24.3 Å². The third-order valence-corrected chi connectivity index (χ3v) is 5.68. The molecule has 1 atom stereocenters. The molecule has 0 bridgehead atoms. The number of aliphatic hydroxyl groups excluding tert-OH is 1. The van der Waals surface area contributed by atoms with Crippen molar-refractivity contribution in [3.8, 4) is 28.7 Å². The minimum Gasteiger partial charge on any atom is -0.497 e. The van der Waals surface area contributed by atoms with E-state index in [9.17, 15) is 9.90 Å². The second kappa shape index (κ2) is 13.9. The number of hydrogen-bond donors (Lipinski definition) is 2. The average molecular weight is 523 g/mol. The predicted octanol–water partition coefficient (Wildman–Crippen LogP) is 3.79. The lowest BCUT2D eigenvalue weighted by Crippen LogP contribution is -2.37. The van der Waals surface area contributed by atoms with Crippen molar-refractivity contribution in [3.63, 3.8) is 0 Å². The number of para-hydroxylation sites is 2. The van der Waals surface area contributed by atoms with Crippen LogP contribution in [0.4, 0.5) is 0 Å². The van der Waals surface area contributed by atoms with Gasteiger partial charge in [-0.15, -0.1) is 5.06 Å². The van der Waals surface area contributed by atoms with Crippen LogP contribution in [0.15, 0.2) is 66.7 Å². The Balaban J connectivity index is 1.64. The van der Waals surface area contributed by atoms with Crippen LogP contribution in [0.3, 0.4) is 0 Å². The highest BCUT2D eigenvalue weighted by atomic mass is 16.7. The van der Waals surface area contributed by atoms with E-state index >= 15 is 0 Å². The average Bonchev–Trinajstić information content (AvgIpc) is 2.94. The Bertz CT molecular complexity index is 1230. The minimum absolute atomic E-state index is 0.0483. The molecule has 3 aromatic rings. The van der Waals surface area contributed by atoms with Crippen molar-refractivity contribution in [2.24, 2.45) is 5.73 Å². The van der Waals surface area contributed by atoms with Gasteiger partial charge in [-0.2, -0.15) is 0 Å². The molecule has 0 fully saturated rings. The number of nitrogens with zero attached hydrogens (tertiary/aromatic N) is 1. The van der Waals surface area contributed by atoms with Gasteiger partial charge in [0.05, 0.1) is 27.9 Å². The summed E-state index contributed by atoms with van der Waals surface area (Å²) in [5.74, 6) is 2.30. The summed E-state index contributed by atoms with van der Waals surface area (Å²) in [4.78, 5) is 18.1. The second-order valence-electron chi connectivity index (χ2n) is 8.24. The number of hydrogen-bond acceptors (Lipinski definition) is 8. The molecule has 202 valence electrons. The van der Waals surface area contributed by atoms with Crippen LogP contribution in [0.1, 0.15) is 18.1 Å². The van der Waals surface area contributed by atoms with Gasteiger partial charge in [0.15, 0.2) is 11.5 Å². The van der Waals surface area contributed by atoms with Gasteiger partial charge in [0.25, 0.3) is 0 Å². The largest absolute Gasteiger partial charge is 0.497 e. The highest BCUT2D eigenvalue weighted by Crippen LogP contribution is 2.29. The Morgan fingerprint density at radius 1 is 0.921 bits per heavy atom. The monoisotopic (exact) mass is 522 g/mol. The molecule has 1 amide bonds. The van der Waals surface area contributed by atoms with Crippen LogP contribution < -0.4 is 29.5 Å². The van der Waals surface area contributed by atoms with Crippen molar-refractivity contribution in [2.45, 2.75) is 13.0 Å². The number of carbonyl (C=O) groups excluding carboxylic acids is 1. The van der Waals surface area contributed by atoms with Crippen molar-refractivity contribution < 1.29 is 33.7 Å². The number of carbonyl (C=O) groups is 1. The predicted molar refractivity (Wildman–Crippen MR) is 145 cm³/mol. The van der Waals surface area contributed by atoms with Crippen molar-refractivity contribution in [1.29, 1.82) is 0 Å². The number of likely N-dealkylation sites (N-methyl/N-ethyl adjacent to an activating group) is 1. The number of primary amides is 1. The molecule has 0 aliphatic heterocycles. The number of methoxy groups -OCH3 is 3. The zero-order chi connectivity index (χ0) is 27.5. The van der Waals surface area contributed by atoms with E-state index in [0.29, 0.717) is 52.0 Å². The maximum Gasteiger partial charge on any atom is 0.249 e. The number of aliphatic hydroxyl groups is 1. The quantitative estimate of drug-likeness (QED) is 0.187. The molecule has 0 aliphatic rings. The third kappa shape index (κ3) is 7.64. The van der Waals surface area contributed by atoms with Crippen molar-refractivity contribution in [1.82, 2.24) is 5.06 Å². The van der Waals surface area contributed by atoms with Crippen molar-refractivity contribution in [3.05, 3.63) is 77.9 Å². The zero-order valence-electron chi connectivity index (χ0n) is 22.0. The SMILES string of the molecule is CCN(CC(O)COc1ccc(/C(=C/c2ccc(OC)cc2OC)C(N)=O)cc1)Oc1ccccc1OC. The van der Waals surface area contributed by atoms with Gasteiger partial charge in [-0.05, 0) is 55.0 Å². The molecule has 3 aromatic carbocycles. The van der Waals surface area contributed by atoms with Crippen molar-refractivity contribution >= 4 is 17.6 Å². The summed E-state index contributed by atoms with van der Waals surface area (Å²) >= 11 is 0. The van der Waals surface area contributed by atoms with E-state index < -0.39 is 12.0 Å². The molecule has 38 heavy (non-hydrogen) atoms. The molecule has 0 spiro atoms. The van der Waals surface area contributed by atoms with E-state index in [1.54, 1.807) is 87.1 Å². The van der Waals surface area contributed by atoms with E-state index in [1.165, 1.54) is 0 Å². The Morgan fingerprint density at radius 2 is 1.58 bits per heavy atom. The molecule has 0 aromatic heterocycles. The zero-order valence-corrected chi connectivity index (χ0v) is 22.0. The lowest BCUT2D eigenvalue weighted by Gasteiger charge is -2.24. The first-order valence-electron chi connectivity index (χ1n) is 12.1. The number of benzene rings is 3. The summed E-state index contributed by atoms with van der Waals surface area (Å²) in [6.45, 7) is 2.75. The van der Waals surface area contributed by atoms with Gasteiger partial charge in [0.1, 0.15) is 30.0 Å². The van der Waals surface area contributed by atoms with Crippen molar-refractivity contribution in [2.75, 3.05) is 41.0 Å². The van der Waals surface area contributed by atoms with Crippen LogP contribution in [0.2, 0.25) is 0 Å². The van der Waals surface area contributed by atoms with Crippen LogP contribution in [0.5, 0.6) is 28.7 Å². The smallest absolute Gasteiger partial charge is 0.249 e.